The minimum atomic E-state index is -0.489. The molecule has 2 unspecified atom stereocenters. The van der Waals surface area contributed by atoms with Crippen molar-refractivity contribution in [2.24, 2.45) is 5.92 Å². The van der Waals surface area contributed by atoms with Gasteiger partial charge in [-0.15, -0.1) is 0 Å². The highest BCUT2D eigenvalue weighted by molar-refractivity contribution is 5.57. The van der Waals surface area contributed by atoms with Crippen molar-refractivity contribution in [3.8, 4) is 6.07 Å². The fraction of sp³-hybridized carbons (Fsp3) is 0.316. The van der Waals surface area contributed by atoms with Crippen molar-refractivity contribution in [3.05, 3.63) is 65.5 Å². The molecule has 0 spiro atoms. The Balaban J connectivity index is 1.74. The van der Waals surface area contributed by atoms with Gasteiger partial charge < -0.3 is 10.1 Å². The lowest BCUT2D eigenvalue weighted by Gasteiger charge is -2.32. The van der Waals surface area contributed by atoms with E-state index in [4.69, 9.17) is 10.00 Å². The Hall–Kier alpha value is -2.38. The SMILES string of the molecule is N#Cc1c(F)cccc1NCC1CCCOC1c1ccccc1. The van der Waals surface area contributed by atoms with Gasteiger partial charge >= 0.3 is 0 Å². The molecule has 3 rings (SSSR count). The molecule has 4 heteroatoms. The highest BCUT2D eigenvalue weighted by Crippen LogP contribution is 2.34. The number of hydrogen-bond acceptors (Lipinski definition) is 3. The fourth-order valence-electron chi connectivity index (χ4n) is 3.09. The van der Waals surface area contributed by atoms with E-state index in [9.17, 15) is 4.39 Å². The van der Waals surface area contributed by atoms with E-state index in [1.807, 2.05) is 24.3 Å². The van der Waals surface area contributed by atoms with E-state index in [0.717, 1.165) is 19.4 Å². The van der Waals surface area contributed by atoms with Crippen LogP contribution >= 0.6 is 0 Å². The molecule has 0 amide bonds. The molecule has 0 radical (unpaired) electrons. The molecule has 0 aromatic heterocycles. The van der Waals surface area contributed by atoms with E-state index in [0.29, 0.717) is 18.2 Å². The number of nitriles is 1. The van der Waals surface area contributed by atoms with Crippen LogP contribution < -0.4 is 5.32 Å². The highest BCUT2D eigenvalue weighted by atomic mass is 19.1. The average molecular weight is 310 g/mol. The zero-order valence-electron chi connectivity index (χ0n) is 12.8. The number of nitrogens with zero attached hydrogens (tertiary/aromatic N) is 1. The van der Waals surface area contributed by atoms with E-state index >= 15 is 0 Å². The Kier molecular flexibility index (Phi) is 4.89. The smallest absolute Gasteiger partial charge is 0.143 e. The predicted molar refractivity (Wildman–Crippen MR) is 87.5 cm³/mol. The molecule has 2 atom stereocenters. The maximum Gasteiger partial charge on any atom is 0.143 e. The highest BCUT2D eigenvalue weighted by Gasteiger charge is 2.27. The third kappa shape index (κ3) is 3.52. The van der Waals surface area contributed by atoms with Crippen LogP contribution in [-0.4, -0.2) is 13.2 Å². The van der Waals surface area contributed by atoms with Crippen LogP contribution in [0.1, 0.15) is 30.1 Å². The Labute approximate surface area is 135 Å². The summed E-state index contributed by atoms with van der Waals surface area (Å²) in [7, 11) is 0. The molecule has 23 heavy (non-hydrogen) atoms. The summed E-state index contributed by atoms with van der Waals surface area (Å²) in [5.74, 6) is -0.196. The molecule has 2 aromatic carbocycles. The first-order valence-corrected chi connectivity index (χ1v) is 7.88. The van der Waals surface area contributed by atoms with Crippen molar-refractivity contribution in [3.63, 3.8) is 0 Å². The summed E-state index contributed by atoms with van der Waals surface area (Å²) in [6.45, 7) is 1.41. The van der Waals surface area contributed by atoms with Crippen LogP contribution in [0, 0.1) is 23.1 Å². The van der Waals surface area contributed by atoms with Gasteiger partial charge in [0.15, 0.2) is 0 Å². The van der Waals surface area contributed by atoms with Gasteiger partial charge in [0.2, 0.25) is 0 Å². The number of ether oxygens (including phenoxy) is 1. The summed E-state index contributed by atoms with van der Waals surface area (Å²) in [4.78, 5) is 0. The summed E-state index contributed by atoms with van der Waals surface area (Å²) in [6, 6.07) is 16.8. The molecule has 0 aliphatic carbocycles. The summed E-state index contributed by atoms with van der Waals surface area (Å²) in [5.41, 5.74) is 1.78. The third-order valence-corrected chi connectivity index (χ3v) is 4.25. The van der Waals surface area contributed by atoms with E-state index in [1.165, 1.54) is 11.6 Å². The Bertz CT molecular complexity index is 696. The average Bonchev–Trinajstić information content (AvgIpc) is 2.61. The number of hydrogen-bond donors (Lipinski definition) is 1. The van der Waals surface area contributed by atoms with Crippen LogP contribution in [-0.2, 0) is 4.74 Å². The van der Waals surface area contributed by atoms with Gasteiger partial charge in [-0.25, -0.2) is 4.39 Å². The molecule has 3 nitrogen and oxygen atoms in total. The van der Waals surface area contributed by atoms with E-state index in [1.54, 1.807) is 12.1 Å². The second-order valence-corrected chi connectivity index (χ2v) is 5.76. The molecule has 1 fully saturated rings. The first kappa shape index (κ1) is 15.5. The lowest BCUT2D eigenvalue weighted by atomic mass is 9.89. The molecule has 1 saturated heterocycles. The zero-order chi connectivity index (χ0) is 16.1. The van der Waals surface area contributed by atoms with Crippen LogP contribution in [0.4, 0.5) is 10.1 Å². The zero-order valence-corrected chi connectivity index (χ0v) is 12.8. The number of benzene rings is 2. The monoisotopic (exact) mass is 310 g/mol. The number of halogens is 1. The molecular formula is C19H19FN2O. The minimum absolute atomic E-state index is 0.0385. The molecule has 1 aliphatic heterocycles. The lowest BCUT2D eigenvalue weighted by molar-refractivity contribution is -0.0238. The van der Waals surface area contributed by atoms with Gasteiger partial charge in [0.25, 0.3) is 0 Å². The Morgan fingerprint density at radius 3 is 2.78 bits per heavy atom. The predicted octanol–water partition coefficient (Wildman–Crippen LogP) is 4.28. The van der Waals surface area contributed by atoms with Crippen LogP contribution in [0.25, 0.3) is 0 Å². The summed E-state index contributed by atoms with van der Waals surface area (Å²) >= 11 is 0. The molecular weight excluding hydrogens is 291 g/mol. The van der Waals surface area contributed by atoms with E-state index < -0.39 is 5.82 Å². The van der Waals surface area contributed by atoms with Gasteiger partial charge in [-0.3, -0.25) is 0 Å². The third-order valence-electron chi connectivity index (χ3n) is 4.25. The van der Waals surface area contributed by atoms with Crippen LogP contribution in [0.15, 0.2) is 48.5 Å². The van der Waals surface area contributed by atoms with Crippen LogP contribution in [0.2, 0.25) is 0 Å². The first-order chi connectivity index (χ1) is 11.3. The van der Waals surface area contributed by atoms with Gasteiger partial charge in [0.05, 0.1) is 11.8 Å². The second-order valence-electron chi connectivity index (χ2n) is 5.76. The molecule has 0 saturated carbocycles. The maximum atomic E-state index is 13.7. The lowest BCUT2D eigenvalue weighted by Crippen LogP contribution is -2.28. The van der Waals surface area contributed by atoms with Crippen LogP contribution in [0.3, 0.4) is 0 Å². The van der Waals surface area contributed by atoms with Gasteiger partial charge in [-0.05, 0) is 30.5 Å². The van der Waals surface area contributed by atoms with Crippen molar-refractivity contribution in [2.45, 2.75) is 18.9 Å². The standard InChI is InChI=1S/C19H19FN2O/c20-17-9-4-10-18(16(17)12-21)22-13-15-8-5-11-23-19(15)14-6-2-1-3-7-14/h1-4,6-7,9-10,15,19,22H,5,8,11,13H2. The normalized spacial score (nSPS) is 20.7. The second kappa shape index (κ2) is 7.26. The molecule has 0 bridgehead atoms. The van der Waals surface area contributed by atoms with Crippen molar-refractivity contribution < 1.29 is 9.13 Å². The summed E-state index contributed by atoms with van der Waals surface area (Å²) in [6.07, 6.45) is 2.10. The molecule has 1 N–H and O–H groups in total. The topological polar surface area (TPSA) is 45.0 Å². The van der Waals surface area contributed by atoms with E-state index in [2.05, 4.69) is 17.4 Å². The van der Waals surface area contributed by atoms with E-state index in [-0.39, 0.29) is 11.7 Å². The van der Waals surface area contributed by atoms with Gasteiger partial charge in [-0.2, -0.15) is 5.26 Å². The number of anilines is 1. The molecule has 1 heterocycles. The van der Waals surface area contributed by atoms with Gasteiger partial charge in [0, 0.05) is 19.1 Å². The number of rotatable bonds is 4. The molecule has 118 valence electrons. The Morgan fingerprint density at radius 2 is 2.00 bits per heavy atom. The van der Waals surface area contributed by atoms with Crippen molar-refractivity contribution in [1.82, 2.24) is 0 Å². The van der Waals surface area contributed by atoms with Crippen molar-refractivity contribution in [2.75, 3.05) is 18.5 Å². The van der Waals surface area contributed by atoms with Gasteiger partial charge in [-0.1, -0.05) is 36.4 Å². The molecule has 2 aromatic rings. The largest absolute Gasteiger partial charge is 0.383 e. The van der Waals surface area contributed by atoms with Crippen LogP contribution in [0.5, 0.6) is 0 Å². The van der Waals surface area contributed by atoms with Crippen molar-refractivity contribution in [1.29, 1.82) is 5.26 Å². The quantitative estimate of drug-likeness (QED) is 0.917. The van der Waals surface area contributed by atoms with Crippen molar-refractivity contribution >= 4 is 5.69 Å². The summed E-state index contributed by atoms with van der Waals surface area (Å²) < 4.78 is 19.6. The first-order valence-electron chi connectivity index (χ1n) is 7.88. The molecule has 1 aliphatic rings. The number of nitrogens with one attached hydrogen (secondary N) is 1. The maximum absolute atomic E-state index is 13.7. The van der Waals surface area contributed by atoms with Gasteiger partial charge in [0.1, 0.15) is 17.4 Å². The summed E-state index contributed by atoms with van der Waals surface area (Å²) in [5, 5.41) is 12.3. The fourth-order valence-corrected chi connectivity index (χ4v) is 3.09. The Morgan fingerprint density at radius 1 is 1.17 bits per heavy atom. The minimum Gasteiger partial charge on any atom is -0.383 e.